The molecule has 1 N–H and O–H groups in total. The zero-order chi connectivity index (χ0) is 15.6. The van der Waals surface area contributed by atoms with Gasteiger partial charge in [-0.25, -0.2) is 0 Å². The van der Waals surface area contributed by atoms with Crippen LogP contribution in [-0.4, -0.2) is 29.7 Å². The normalized spacial score (nSPS) is 13.9. The SMILES string of the molecule is O=C(CCl)C(NC(=O)C(F)(F)C(F)(F)F)c1cccs1. The molecule has 1 atom stereocenters. The largest absolute Gasteiger partial charge is 0.463 e. The van der Waals surface area contributed by atoms with Crippen LogP contribution in [0.15, 0.2) is 17.5 Å². The molecule has 0 saturated heterocycles. The molecule has 1 unspecified atom stereocenters. The van der Waals surface area contributed by atoms with E-state index in [1.807, 2.05) is 0 Å². The van der Waals surface area contributed by atoms with Crippen molar-refractivity contribution in [1.29, 1.82) is 0 Å². The molecule has 112 valence electrons. The Kier molecular flexibility index (Phi) is 5.09. The summed E-state index contributed by atoms with van der Waals surface area (Å²) < 4.78 is 61.8. The van der Waals surface area contributed by atoms with Crippen LogP contribution in [0.4, 0.5) is 22.0 Å². The van der Waals surface area contributed by atoms with Gasteiger partial charge in [-0.3, -0.25) is 9.59 Å². The first-order chi connectivity index (χ1) is 9.11. The number of hydrogen-bond donors (Lipinski definition) is 1. The summed E-state index contributed by atoms with van der Waals surface area (Å²) in [6.45, 7) is 0. The van der Waals surface area contributed by atoms with Crippen molar-refractivity contribution < 1.29 is 31.5 Å². The summed E-state index contributed by atoms with van der Waals surface area (Å²) in [6, 6.07) is 1.13. The highest BCUT2D eigenvalue weighted by Crippen LogP contribution is 2.36. The molecule has 20 heavy (non-hydrogen) atoms. The van der Waals surface area contributed by atoms with Crippen LogP contribution in [0.1, 0.15) is 10.9 Å². The van der Waals surface area contributed by atoms with E-state index in [9.17, 15) is 31.5 Å². The molecular weight excluding hydrogens is 329 g/mol. The average molecular weight is 336 g/mol. The van der Waals surface area contributed by atoms with Crippen LogP contribution in [0.25, 0.3) is 0 Å². The number of hydrogen-bond acceptors (Lipinski definition) is 3. The molecule has 0 aliphatic rings. The van der Waals surface area contributed by atoms with Crippen LogP contribution in [-0.2, 0) is 9.59 Å². The van der Waals surface area contributed by atoms with Gasteiger partial charge in [0.1, 0.15) is 6.04 Å². The van der Waals surface area contributed by atoms with Gasteiger partial charge in [-0.2, -0.15) is 22.0 Å². The van der Waals surface area contributed by atoms with E-state index >= 15 is 0 Å². The van der Waals surface area contributed by atoms with Crippen LogP contribution >= 0.6 is 22.9 Å². The maximum absolute atomic E-state index is 12.8. The lowest BCUT2D eigenvalue weighted by atomic mass is 10.1. The monoisotopic (exact) mass is 335 g/mol. The molecule has 0 aliphatic carbocycles. The van der Waals surface area contributed by atoms with Crippen molar-refractivity contribution in [3.63, 3.8) is 0 Å². The average Bonchev–Trinajstić information content (AvgIpc) is 2.86. The minimum absolute atomic E-state index is 0.113. The molecule has 1 aromatic heterocycles. The fraction of sp³-hybridized carbons (Fsp3) is 0.400. The lowest BCUT2D eigenvalue weighted by molar-refractivity contribution is -0.270. The molecule has 0 saturated carbocycles. The second-order valence-electron chi connectivity index (χ2n) is 3.59. The van der Waals surface area contributed by atoms with E-state index in [0.717, 1.165) is 11.3 Å². The first-order valence-corrected chi connectivity index (χ1v) is 6.40. The van der Waals surface area contributed by atoms with Crippen molar-refractivity contribution in [2.45, 2.75) is 18.1 Å². The number of nitrogens with one attached hydrogen (secondary N) is 1. The first kappa shape index (κ1) is 16.8. The van der Waals surface area contributed by atoms with Gasteiger partial charge in [-0.1, -0.05) is 6.07 Å². The maximum Gasteiger partial charge on any atom is 0.463 e. The molecule has 1 aromatic rings. The molecule has 0 fully saturated rings. The van der Waals surface area contributed by atoms with Crippen molar-refractivity contribution in [3.8, 4) is 0 Å². The lowest BCUT2D eigenvalue weighted by Crippen LogP contribution is -2.52. The summed E-state index contributed by atoms with van der Waals surface area (Å²) in [6.07, 6.45) is -6.04. The Morgan fingerprint density at radius 1 is 1.30 bits per heavy atom. The van der Waals surface area contributed by atoms with Gasteiger partial charge in [-0.05, 0) is 11.4 Å². The summed E-state index contributed by atoms with van der Waals surface area (Å²) in [5.41, 5.74) is 0. The van der Waals surface area contributed by atoms with Gasteiger partial charge in [0, 0.05) is 4.88 Å². The molecule has 1 rings (SSSR count). The number of carbonyl (C=O) groups is 2. The Hall–Kier alpha value is -1.22. The van der Waals surface area contributed by atoms with Crippen LogP contribution < -0.4 is 5.32 Å². The predicted molar refractivity (Wildman–Crippen MR) is 61.9 cm³/mol. The highest BCUT2D eigenvalue weighted by molar-refractivity contribution is 7.10. The Morgan fingerprint density at radius 2 is 1.90 bits per heavy atom. The van der Waals surface area contributed by atoms with Crippen molar-refractivity contribution in [3.05, 3.63) is 22.4 Å². The van der Waals surface area contributed by atoms with Crippen LogP contribution in [0.2, 0.25) is 0 Å². The van der Waals surface area contributed by atoms with Crippen LogP contribution in [0.3, 0.4) is 0 Å². The standard InChI is InChI=1S/C10H7ClF5NO2S/c11-4-5(18)7(6-2-1-3-20-6)17-8(19)9(12,13)10(14,15)16/h1-3,7H,4H2,(H,17,19). The lowest BCUT2D eigenvalue weighted by Gasteiger charge is -2.22. The van der Waals surface area contributed by atoms with Gasteiger partial charge in [0.05, 0.1) is 5.88 Å². The fourth-order valence-electron chi connectivity index (χ4n) is 1.19. The van der Waals surface area contributed by atoms with E-state index in [2.05, 4.69) is 0 Å². The third kappa shape index (κ3) is 3.45. The Bertz CT molecular complexity index is 488. The van der Waals surface area contributed by atoms with E-state index < -0.39 is 35.7 Å². The van der Waals surface area contributed by atoms with Gasteiger partial charge in [0.15, 0.2) is 5.78 Å². The van der Waals surface area contributed by atoms with Crippen molar-refractivity contribution in [2.24, 2.45) is 0 Å². The highest BCUT2D eigenvalue weighted by atomic mass is 35.5. The van der Waals surface area contributed by atoms with E-state index in [1.54, 1.807) is 0 Å². The molecule has 1 heterocycles. The molecule has 0 aliphatic heterocycles. The van der Waals surface area contributed by atoms with Gasteiger partial charge in [0.2, 0.25) is 0 Å². The molecule has 10 heteroatoms. The van der Waals surface area contributed by atoms with Gasteiger partial charge in [-0.15, -0.1) is 22.9 Å². The zero-order valence-corrected chi connectivity index (χ0v) is 11.1. The molecular formula is C10H7ClF5NO2S. The number of ketones is 1. The van der Waals surface area contributed by atoms with E-state index in [0.29, 0.717) is 0 Å². The molecule has 3 nitrogen and oxygen atoms in total. The van der Waals surface area contributed by atoms with Crippen molar-refractivity contribution >= 4 is 34.6 Å². The summed E-state index contributed by atoms with van der Waals surface area (Å²) in [7, 11) is 0. The van der Waals surface area contributed by atoms with Gasteiger partial charge < -0.3 is 5.32 Å². The maximum atomic E-state index is 12.8. The number of Topliss-reactive ketones (excluding diaryl/α,β-unsaturated/α-hetero) is 1. The zero-order valence-electron chi connectivity index (χ0n) is 9.51. The molecule has 0 aromatic carbocycles. The number of amides is 1. The minimum Gasteiger partial charge on any atom is -0.336 e. The number of rotatable bonds is 5. The Morgan fingerprint density at radius 3 is 2.30 bits per heavy atom. The predicted octanol–water partition coefficient (Wildman–Crippen LogP) is 2.91. The minimum atomic E-state index is -6.04. The molecule has 0 spiro atoms. The Balaban J connectivity index is 2.98. The van der Waals surface area contributed by atoms with E-state index in [4.69, 9.17) is 11.6 Å². The van der Waals surface area contributed by atoms with E-state index in [-0.39, 0.29) is 4.88 Å². The number of halogens is 6. The third-order valence-corrected chi connectivity index (χ3v) is 3.40. The number of thiophene rings is 1. The van der Waals surface area contributed by atoms with Gasteiger partial charge >= 0.3 is 18.0 Å². The topological polar surface area (TPSA) is 46.2 Å². The van der Waals surface area contributed by atoms with Crippen LogP contribution in [0, 0.1) is 0 Å². The van der Waals surface area contributed by atoms with Crippen LogP contribution in [0.5, 0.6) is 0 Å². The fourth-order valence-corrected chi connectivity index (χ4v) is 2.15. The number of alkyl halides is 6. The van der Waals surface area contributed by atoms with E-state index in [1.165, 1.54) is 22.8 Å². The van der Waals surface area contributed by atoms with Gasteiger partial charge in [0.25, 0.3) is 0 Å². The Labute approximate surface area is 118 Å². The smallest absolute Gasteiger partial charge is 0.336 e. The molecule has 1 amide bonds. The summed E-state index contributed by atoms with van der Waals surface area (Å²) in [4.78, 5) is 22.6. The molecule has 0 bridgehead atoms. The number of carbonyl (C=O) groups excluding carboxylic acids is 2. The second kappa shape index (κ2) is 6.04. The quantitative estimate of drug-likeness (QED) is 0.664. The molecule has 0 radical (unpaired) electrons. The van der Waals surface area contributed by atoms with Crippen molar-refractivity contribution in [2.75, 3.05) is 5.88 Å². The summed E-state index contributed by atoms with van der Waals surface area (Å²) >= 11 is 6.16. The first-order valence-electron chi connectivity index (χ1n) is 4.99. The second-order valence-corrected chi connectivity index (χ2v) is 4.84. The summed E-state index contributed by atoms with van der Waals surface area (Å²) in [5, 5.41) is 2.85. The van der Waals surface area contributed by atoms with Crippen molar-refractivity contribution in [1.82, 2.24) is 5.32 Å². The third-order valence-electron chi connectivity index (χ3n) is 2.20. The highest BCUT2D eigenvalue weighted by Gasteiger charge is 2.63. The summed E-state index contributed by atoms with van der Waals surface area (Å²) in [5.74, 6) is -9.71.